The van der Waals surface area contributed by atoms with Gasteiger partial charge < -0.3 is 5.11 Å². The fourth-order valence-corrected chi connectivity index (χ4v) is 0.964. The Morgan fingerprint density at radius 2 is 2.17 bits per heavy atom. The van der Waals surface area contributed by atoms with Crippen molar-refractivity contribution in [3.63, 3.8) is 0 Å². The van der Waals surface area contributed by atoms with Crippen LogP contribution in [-0.2, 0) is 0 Å². The third-order valence-electron chi connectivity index (χ3n) is 1.49. The first-order chi connectivity index (χ1) is 5.75. The standard InChI is InChI=1S/C10H8O2/c1-2-5-8-6-3-4-7-9(8)10(11)12/h2-7H,1H2/p+1. The van der Waals surface area contributed by atoms with Crippen molar-refractivity contribution in [1.82, 2.24) is 0 Å². The van der Waals surface area contributed by atoms with Gasteiger partial charge in [0, 0.05) is 18.6 Å². The summed E-state index contributed by atoms with van der Waals surface area (Å²) in [5.74, 6) is -0.913. The maximum atomic E-state index is 10.6. The summed E-state index contributed by atoms with van der Waals surface area (Å²) in [4.78, 5) is 10.6. The van der Waals surface area contributed by atoms with E-state index >= 15 is 0 Å². The van der Waals surface area contributed by atoms with Gasteiger partial charge in [-0.05, 0) is 24.8 Å². The molecular weight excluding hydrogens is 152 g/mol. The van der Waals surface area contributed by atoms with Crippen LogP contribution in [-0.4, -0.2) is 11.1 Å². The summed E-state index contributed by atoms with van der Waals surface area (Å²) in [5.41, 5.74) is 0.984. The number of hydrogen-bond acceptors (Lipinski definition) is 1. The van der Waals surface area contributed by atoms with E-state index in [9.17, 15) is 4.79 Å². The predicted octanol–water partition coefficient (Wildman–Crippen LogP) is 2.12. The van der Waals surface area contributed by atoms with Gasteiger partial charge in [-0.1, -0.05) is 0 Å². The summed E-state index contributed by atoms with van der Waals surface area (Å²) < 4.78 is 0. The lowest BCUT2D eigenvalue weighted by molar-refractivity contribution is 0.0696. The topological polar surface area (TPSA) is 37.3 Å². The maximum Gasteiger partial charge on any atom is 0.379 e. The van der Waals surface area contributed by atoms with E-state index in [1.807, 2.05) is 0 Å². The van der Waals surface area contributed by atoms with Gasteiger partial charge >= 0.3 is 5.97 Å². The van der Waals surface area contributed by atoms with Crippen molar-refractivity contribution in [2.24, 2.45) is 0 Å². The number of carbonyl (C=O) groups is 1. The third-order valence-corrected chi connectivity index (χ3v) is 1.49. The number of aromatic carboxylic acids is 1. The van der Waals surface area contributed by atoms with Crippen LogP contribution in [0.25, 0.3) is 0 Å². The molecule has 60 valence electrons. The summed E-state index contributed by atoms with van der Waals surface area (Å²) in [6.45, 7) is 3.51. The van der Waals surface area contributed by atoms with Crippen LogP contribution < -0.4 is 0 Å². The molecule has 0 saturated heterocycles. The van der Waals surface area contributed by atoms with E-state index in [1.165, 1.54) is 0 Å². The number of rotatable bonds is 3. The zero-order valence-corrected chi connectivity index (χ0v) is 6.53. The van der Waals surface area contributed by atoms with Gasteiger partial charge in [0.25, 0.3) is 0 Å². The average Bonchev–Trinajstić information content (AvgIpc) is 2.05. The number of hydrogen-bond donors (Lipinski definition) is 1. The molecule has 0 bridgehead atoms. The van der Waals surface area contributed by atoms with E-state index in [1.54, 1.807) is 36.8 Å². The Morgan fingerprint density at radius 3 is 2.75 bits per heavy atom. The Labute approximate surface area is 71.2 Å². The van der Waals surface area contributed by atoms with E-state index in [-0.39, 0.29) is 0 Å². The quantitative estimate of drug-likeness (QED) is 0.689. The van der Waals surface area contributed by atoms with Gasteiger partial charge in [-0.3, -0.25) is 0 Å². The largest absolute Gasteiger partial charge is 0.470 e. The summed E-state index contributed by atoms with van der Waals surface area (Å²) in [6, 6.07) is 6.80. The normalized spacial score (nSPS) is 9.00. The minimum atomic E-state index is -0.913. The minimum absolute atomic E-state index is 0.303. The molecule has 0 aliphatic rings. The highest BCUT2D eigenvalue weighted by atomic mass is 16.4. The number of carboxylic acids is 1. The summed E-state index contributed by atoms with van der Waals surface area (Å²) in [6.07, 6.45) is 3.24. The van der Waals surface area contributed by atoms with Crippen LogP contribution in [0.5, 0.6) is 0 Å². The second-order valence-electron chi connectivity index (χ2n) is 2.29. The molecule has 1 N–H and O–H groups in total. The van der Waals surface area contributed by atoms with Gasteiger partial charge in [-0.2, -0.15) is 0 Å². The van der Waals surface area contributed by atoms with Crippen LogP contribution in [0.3, 0.4) is 0 Å². The highest BCUT2D eigenvalue weighted by Gasteiger charge is 2.13. The van der Waals surface area contributed by atoms with Crippen LogP contribution in [0.1, 0.15) is 15.9 Å². The van der Waals surface area contributed by atoms with Crippen LogP contribution in [0.2, 0.25) is 0 Å². The van der Waals surface area contributed by atoms with E-state index in [2.05, 4.69) is 6.58 Å². The Morgan fingerprint density at radius 1 is 1.50 bits per heavy atom. The molecule has 0 atom stereocenters. The lowest BCUT2D eigenvalue weighted by Gasteiger charge is -1.93. The molecule has 0 fully saturated rings. The van der Waals surface area contributed by atoms with Crippen LogP contribution in [0.15, 0.2) is 36.9 Å². The van der Waals surface area contributed by atoms with Crippen LogP contribution in [0.4, 0.5) is 0 Å². The predicted molar refractivity (Wildman–Crippen MR) is 47.0 cm³/mol. The Balaban J connectivity index is 3.07. The average molecular weight is 161 g/mol. The molecule has 2 heteroatoms. The Kier molecular flexibility index (Phi) is 2.53. The number of benzene rings is 1. The van der Waals surface area contributed by atoms with Gasteiger partial charge in [-0.25, -0.2) is 4.79 Å². The first kappa shape index (κ1) is 8.40. The minimum Gasteiger partial charge on any atom is -0.470 e. The van der Waals surface area contributed by atoms with Crippen LogP contribution in [0, 0.1) is 6.42 Å². The van der Waals surface area contributed by atoms with Gasteiger partial charge in [0.15, 0.2) is 0 Å². The first-order valence-electron chi connectivity index (χ1n) is 3.54. The molecule has 0 aliphatic heterocycles. The summed E-state index contributed by atoms with van der Waals surface area (Å²) in [5, 5.41) is 8.74. The smallest absolute Gasteiger partial charge is 0.379 e. The lowest BCUT2D eigenvalue weighted by Crippen LogP contribution is -1.99. The van der Waals surface area contributed by atoms with E-state index < -0.39 is 5.97 Å². The van der Waals surface area contributed by atoms with E-state index in [0.717, 1.165) is 0 Å². The molecule has 0 aliphatic carbocycles. The van der Waals surface area contributed by atoms with Crippen LogP contribution >= 0.6 is 0 Å². The molecule has 1 aromatic rings. The molecule has 2 nitrogen and oxygen atoms in total. The molecule has 0 amide bonds. The second-order valence-corrected chi connectivity index (χ2v) is 2.29. The Bertz CT molecular complexity index is 302. The zero-order valence-electron chi connectivity index (χ0n) is 6.53. The molecule has 0 radical (unpaired) electrons. The molecule has 0 aromatic heterocycles. The van der Waals surface area contributed by atoms with Crippen molar-refractivity contribution >= 4 is 5.97 Å². The van der Waals surface area contributed by atoms with Gasteiger partial charge in [0.1, 0.15) is 11.1 Å². The Hall–Kier alpha value is -1.70. The van der Waals surface area contributed by atoms with E-state index in [4.69, 9.17) is 5.11 Å². The summed E-state index contributed by atoms with van der Waals surface area (Å²) >= 11 is 0. The van der Waals surface area contributed by atoms with Crippen molar-refractivity contribution < 1.29 is 9.90 Å². The molecular formula is C10H9O2+. The third kappa shape index (κ3) is 1.66. The molecule has 0 saturated carbocycles. The summed E-state index contributed by atoms with van der Waals surface area (Å²) in [7, 11) is 0. The van der Waals surface area contributed by atoms with Gasteiger partial charge in [-0.15, -0.1) is 0 Å². The first-order valence-corrected chi connectivity index (χ1v) is 3.54. The fourth-order valence-electron chi connectivity index (χ4n) is 0.964. The molecule has 0 heterocycles. The molecule has 0 unspecified atom stereocenters. The van der Waals surface area contributed by atoms with Crippen molar-refractivity contribution in [2.45, 2.75) is 0 Å². The number of carboxylic acid groups (broad SMARTS) is 1. The van der Waals surface area contributed by atoms with Crippen molar-refractivity contribution in [3.8, 4) is 0 Å². The maximum absolute atomic E-state index is 10.6. The van der Waals surface area contributed by atoms with Gasteiger partial charge in [0.05, 0.1) is 0 Å². The second kappa shape index (κ2) is 3.62. The highest BCUT2D eigenvalue weighted by molar-refractivity contribution is 5.90. The van der Waals surface area contributed by atoms with Crippen molar-refractivity contribution in [3.05, 3.63) is 54.5 Å². The van der Waals surface area contributed by atoms with Crippen molar-refractivity contribution in [1.29, 1.82) is 0 Å². The van der Waals surface area contributed by atoms with Crippen molar-refractivity contribution in [2.75, 3.05) is 0 Å². The lowest BCUT2D eigenvalue weighted by atomic mass is 10.1. The number of allylic oxidation sites excluding steroid dienone is 1. The monoisotopic (exact) mass is 161 g/mol. The fraction of sp³-hybridized carbons (Fsp3) is 0. The molecule has 1 rings (SSSR count). The SMILES string of the molecule is C=C[CH+]c1ccccc1C(=O)O. The van der Waals surface area contributed by atoms with E-state index in [0.29, 0.717) is 11.1 Å². The zero-order chi connectivity index (χ0) is 8.97. The molecule has 0 spiro atoms. The molecule has 12 heavy (non-hydrogen) atoms. The van der Waals surface area contributed by atoms with Gasteiger partial charge in [0.2, 0.25) is 0 Å². The molecule has 1 aromatic carbocycles. The highest BCUT2D eigenvalue weighted by Crippen LogP contribution is 2.10.